The zero-order chi connectivity index (χ0) is 23.2. The van der Waals surface area contributed by atoms with E-state index in [0.717, 1.165) is 11.1 Å². The molecule has 9 nitrogen and oxygen atoms in total. The van der Waals surface area contributed by atoms with Crippen LogP contribution in [-0.4, -0.2) is 47.4 Å². The van der Waals surface area contributed by atoms with Crippen molar-refractivity contribution >= 4 is 47.0 Å². The van der Waals surface area contributed by atoms with Crippen LogP contribution in [0.4, 0.5) is 21.8 Å². The lowest BCUT2D eigenvalue weighted by atomic mass is 10.2. The highest BCUT2D eigenvalue weighted by Crippen LogP contribution is 2.35. The molecule has 0 bridgehead atoms. The molecule has 0 saturated carbocycles. The van der Waals surface area contributed by atoms with E-state index in [9.17, 15) is 14.5 Å². The molecule has 4 rings (SSSR count). The predicted octanol–water partition coefficient (Wildman–Crippen LogP) is 4.61. The maximum Gasteiger partial charge on any atom is 0.283 e. The number of nitro benzene ring substituents is 1. The van der Waals surface area contributed by atoms with Crippen molar-refractivity contribution < 1.29 is 14.1 Å². The van der Waals surface area contributed by atoms with Gasteiger partial charge in [-0.1, -0.05) is 29.4 Å². The Kier molecular flexibility index (Phi) is 7.33. The minimum Gasteiger partial charge on any atom is -0.378 e. The largest absolute Gasteiger partial charge is 0.378 e. The Labute approximate surface area is 197 Å². The van der Waals surface area contributed by atoms with Crippen LogP contribution in [0.1, 0.15) is 5.56 Å². The summed E-state index contributed by atoms with van der Waals surface area (Å²) in [4.78, 5) is 22.3. The van der Waals surface area contributed by atoms with E-state index in [0.29, 0.717) is 41.8 Å². The number of rotatable bonds is 7. The second-order valence-corrected chi connectivity index (χ2v) is 8.43. The fourth-order valence-corrected chi connectivity index (χ4v) is 4.07. The third-order valence-corrected chi connectivity index (χ3v) is 5.96. The molecule has 33 heavy (non-hydrogen) atoms. The summed E-state index contributed by atoms with van der Waals surface area (Å²) in [6.45, 7) is 2.05. The SMILES string of the molecule is O=[N+]([O-])c1cc(/C=N/Nc2ncc(F)c(N3CCOCC3)n2)ccc1Sc1ccc(Cl)cc1. The van der Waals surface area contributed by atoms with Crippen LogP contribution < -0.4 is 10.3 Å². The van der Waals surface area contributed by atoms with E-state index in [4.69, 9.17) is 16.3 Å². The zero-order valence-corrected chi connectivity index (χ0v) is 18.7. The quantitative estimate of drug-likeness (QED) is 0.292. The summed E-state index contributed by atoms with van der Waals surface area (Å²) in [5.41, 5.74) is 3.10. The van der Waals surface area contributed by atoms with Crippen molar-refractivity contribution in [3.63, 3.8) is 0 Å². The van der Waals surface area contributed by atoms with Crippen LogP contribution in [0.25, 0.3) is 0 Å². The fraction of sp³-hybridized carbons (Fsp3) is 0.190. The molecule has 0 unspecified atom stereocenters. The number of halogens is 2. The number of anilines is 2. The van der Waals surface area contributed by atoms with Crippen LogP contribution in [0, 0.1) is 15.9 Å². The first-order valence-electron chi connectivity index (χ1n) is 9.86. The molecule has 1 aliphatic heterocycles. The van der Waals surface area contributed by atoms with Gasteiger partial charge in [0.1, 0.15) is 0 Å². The second kappa shape index (κ2) is 10.6. The first kappa shape index (κ1) is 22.9. The van der Waals surface area contributed by atoms with E-state index in [2.05, 4.69) is 20.5 Å². The summed E-state index contributed by atoms with van der Waals surface area (Å²) in [6.07, 6.45) is 2.48. The lowest BCUT2D eigenvalue weighted by molar-refractivity contribution is -0.387. The average molecular weight is 489 g/mol. The van der Waals surface area contributed by atoms with E-state index in [1.165, 1.54) is 24.0 Å². The number of nitro groups is 1. The molecule has 0 spiro atoms. The van der Waals surface area contributed by atoms with Gasteiger partial charge < -0.3 is 9.64 Å². The molecule has 1 aliphatic rings. The van der Waals surface area contributed by atoms with Crippen molar-refractivity contribution in [1.82, 2.24) is 9.97 Å². The number of aromatic nitrogens is 2. The minimum atomic E-state index is -0.532. The highest BCUT2D eigenvalue weighted by atomic mass is 35.5. The number of hydrogen-bond donors (Lipinski definition) is 1. The molecule has 170 valence electrons. The average Bonchev–Trinajstić information content (AvgIpc) is 2.83. The minimum absolute atomic E-state index is 0.0495. The van der Waals surface area contributed by atoms with Gasteiger partial charge in [0.15, 0.2) is 11.6 Å². The third kappa shape index (κ3) is 5.95. The highest BCUT2D eigenvalue weighted by Gasteiger charge is 2.18. The standard InChI is InChI=1S/C21H18ClFN6O3S/c22-15-2-4-16(5-3-15)33-19-6-1-14(11-18(19)29(30)31)12-25-27-21-24-13-17(23)20(26-21)28-7-9-32-10-8-28/h1-6,11-13H,7-10H2,(H,24,26,27)/b25-12+. The Balaban J connectivity index is 1.47. The summed E-state index contributed by atoms with van der Waals surface area (Å²) >= 11 is 7.16. The summed E-state index contributed by atoms with van der Waals surface area (Å²) in [5, 5.41) is 16.2. The molecular weight excluding hydrogens is 471 g/mol. The molecule has 2 heterocycles. The molecule has 3 aromatic rings. The maximum absolute atomic E-state index is 14.1. The van der Waals surface area contributed by atoms with Gasteiger partial charge in [0.25, 0.3) is 5.69 Å². The second-order valence-electron chi connectivity index (χ2n) is 6.87. The third-order valence-electron chi connectivity index (χ3n) is 4.64. The number of hydrazone groups is 1. The number of hydrogen-bond acceptors (Lipinski definition) is 9. The van der Waals surface area contributed by atoms with Crippen LogP contribution in [0.3, 0.4) is 0 Å². The number of nitrogens with zero attached hydrogens (tertiary/aromatic N) is 5. The van der Waals surface area contributed by atoms with Gasteiger partial charge in [0.05, 0.1) is 35.4 Å². The number of morpholine rings is 1. The molecule has 0 amide bonds. The van der Waals surface area contributed by atoms with Gasteiger partial charge in [-0.3, -0.25) is 10.1 Å². The van der Waals surface area contributed by atoms with E-state index in [1.807, 2.05) is 0 Å². The predicted molar refractivity (Wildman–Crippen MR) is 125 cm³/mol. The number of nitrogens with one attached hydrogen (secondary N) is 1. The van der Waals surface area contributed by atoms with Crippen LogP contribution in [-0.2, 0) is 4.74 Å². The summed E-state index contributed by atoms with van der Waals surface area (Å²) in [6, 6.07) is 11.8. The lowest BCUT2D eigenvalue weighted by Gasteiger charge is -2.27. The molecular formula is C21H18ClFN6O3S. The van der Waals surface area contributed by atoms with E-state index < -0.39 is 10.7 Å². The topological polar surface area (TPSA) is 106 Å². The Morgan fingerprint density at radius 3 is 2.73 bits per heavy atom. The molecule has 2 aromatic carbocycles. The van der Waals surface area contributed by atoms with Crippen molar-refractivity contribution in [3.8, 4) is 0 Å². The number of ether oxygens (including phenoxy) is 1. The van der Waals surface area contributed by atoms with Gasteiger partial charge in [-0.2, -0.15) is 10.1 Å². The van der Waals surface area contributed by atoms with Gasteiger partial charge in [-0.25, -0.2) is 14.8 Å². The first-order valence-corrected chi connectivity index (χ1v) is 11.1. The van der Waals surface area contributed by atoms with Crippen LogP contribution in [0.15, 0.2) is 63.6 Å². The lowest BCUT2D eigenvalue weighted by Crippen LogP contribution is -2.37. The smallest absolute Gasteiger partial charge is 0.283 e. The summed E-state index contributed by atoms with van der Waals surface area (Å²) in [7, 11) is 0. The molecule has 1 N–H and O–H groups in total. The van der Waals surface area contributed by atoms with E-state index in [1.54, 1.807) is 41.3 Å². The molecule has 0 aliphatic carbocycles. The highest BCUT2D eigenvalue weighted by molar-refractivity contribution is 7.99. The normalized spacial score (nSPS) is 13.9. The molecule has 1 fully saturated rings. The zero-order valence-electron chi connectivity index (χ0n) is 17.1. The van der Waals surface area contributed by atoms with Crippen LogP contribution in [0.2, 0.25) is 5.02 Å². The van der Waals surface area contributed by atoms with Gasteiger partial charge in [0.2, 0.25) is 5.95 Å². The fourth-order valence-electron chi connectivity index (χ4n) is 3.05. The van der Waals surface area contributed by atoms with Gasteiger partial charge in [-0.15, -0.1) is 0 Å². The van der Waals surface area contributed by atoms with E-state index >= 15 is 0 Å². The summed E-state index contributed by atoms with van der Waals surface area (Å²) < 4.78 is 19.4. The van der Waals surface area contributed by atoms with Crippen molar-refractivity contribution in [3.05, 3.63) is 75.2 Å². The van der Waals surface area contributed by atoms with Gasteiger partial charge in [0, 0.05) is 34.6 Å². The Bertz CT molecular complexity index is 1180. The van der Waals surface area contributed by atoms with Crippen molar-refractivity contribution in [2.45, 2.75) is 9.79 Å². The number of benzene rings is 2. The molecule has 1 aromatic heterocycles. The van der Waals surface area contributed by atoms with E-state index in [-0.39, 0.29) is 17.5 Å². The van der Waals surface area contributed by atoms with Crippen molar-refractivity contribution in [2.24, 2.45) is 5.10 Å². The summed E-state index contributed by atoms with van der Waals surface area (Å²) in [5.74, 6) is -0.250. The van der Waals surface area contributed by atoms with Crippen LogP contribution in [0.5, 0.6) is 0 Å². The van der Waals surface area contributed by atoms with Crippen LogP contribution >= 0.6 is 23.4 Å². The Morgan fingerprint density at radius 2 is 2.00 bits per heavy atom. The monoisotopic (exact) mass is 488 g/mol. The molecule has 1 saturated heterocycles. The van der Waals surface area contributed by atoms with Gasteiger partial charge >= 0.3 is 0 Å². The Morgan fingerprint density at radius 1 is 1.24 bits per heavy atom. The Hall–Kier alpha value is -3.28. The van der Waals surface area contributed by atoms with Crippen molar-refractivity contribution in [1.29, 1.82) is 0 Å². The molecule has 0 atom stereocenters. The van der Waals surface area contributed by atoms with Gasteiger partial charge in [-0.05, 0) is 30.3 Å². The molecule has 0 radical (unpaired) electrons. The molecule has 12 heteroatoms. The first-order chi connectivity index (χ1) is 16.0. The van der Waals surface area contributed by atoms with Crippen molar-refractivity contribution in [2.75, 3.05) is 36.6 Å². The maximum atomic E-state index is 14.1.